The molecule has 1 aliphatic carbocycles. The van der Waals surface area contributed by atoms with Gasteiger partial charge >= 0.3 is 0 Å². The van der Waals surface area contributed by atoms with Crippen molar-refractivity contribution in [1.82, 2.24) is 20.6 Å². The van der Waals surface area contributed by atoms with Crippen molar-refractivity contribution in [3.8, 4) is 0 Å². The number of hydrogen-bond donors (Lipinski definition) is 3. The maximum absolute atomic E-state index is 12.7. The van der Waals surface area contributed by atoms with E-state index in [2.05, 4.69) is 20.6 Å². The van der Waals surface area contributed by atoms with E-state index in [-0.39, 0.29) is 30.2 Å². The van der Waals surface area contributed by atoms with Crippen LogP contribution in [-0.2, 0) is 9.59 Å². The Bertz CT molecular complexity index is 993. The Kier molecular flexibility index (Phi) is 6.42. The van der Waals surface area contributed by atoms with Crippen LogP contribution in [0.3, 0.4) is 0 Å². The molecule has 1 heterocycles. The number of imidazole rings is 1. The molecule has 1 fully saturated rings. The van der Waals surface area contributed by atoms with E-state index < -0.39 is 0 Å². The molecular weight excluding hydrogens is 376 g/mol. The summed E-state index contributed by atoms with van der Waals surface area (Å²) in [7, 11) is 0. The third-order valence-corrected chi connectivity index (χ3v) is 5.84. The number of hydrogen-bond acceptors (Lipinski definition) is 3. The number of carbonyl (C=O) groups is 2. The Morgan fingerprint density at radius 1 is 1.03 bits per heavy atom. The van der Waals surface area contributed by atoms with Gasteiger partial charge in [-0.2, -0.15) is 0 Å². The van der Waals surface area contributed by atoms with Crippen LogP contribution >= 0.6 is 0 Å². The third-order valence-electron chi connectivity index (χ3n) is 5.84. The van der Waals surface area contributed by atoms with Gasteiger partial charge in [-0.1, -0.05) is 55.7 Å². The second-order valence-electron chi connectivity index (χ2n) is 7.97. The first kappa shape index (κ1) is 20.1. The summed E-state index contributed by atoms with van der Waals surface area (Å²) in [5.74, 6) is 0.115. The van der Waals surface area contributed by atoms with Crippen molar-refractivity contribution >= 4 is 22.8 Å². The molecule has 1 aliphatic rings. The van der Waals surface area contributed by atoms with E-state index in [1.54, 1.807) is 6.33 Å². The SMILES string of the molecule is O=C(CCNC(=O)C1CCCCC1)NC(c1ccccc1)c1ccc2nc[nH]c2c1. The summed E-state index contributed by atoms with van der Waals surface area (Å²) in [6.07, 6.45) is 7.31. The van der Waals surface area contributed by atoms with Crippen molar-refractivity contribution in [2.45, 2.75) is 44.6 Å². The molecule has 0 saturated heterocycles. The number of amides is 2. The summed E-state index contributed by atoms with van der Waals surface area (Å²) in [5, 5.41) is 6.08. The average molecular weight is 405 g/mol. The van der Waals surface area contributed by atoms with Crippen molar-refractivity contribution < 1.29 is 9.59 Å². The summed E-state index contributed by atoms with van der Waals surface area (Å²) in [6.45, 7) is 0.363. The standard InChI is InChI=1S/C24H28N4O2/c29-22(13-14-25-24(30)18-9-5-2-6-10-18)28-23(17-7-3-1-4-8-17)19-11-12-20-21(15-19)27-16-26-20/h1,3-4,7-8,11-12,15-16,18,23H,2,5-6,9-10,13-14H2,(H,25,30)(H,26,27)(H,28,29). The zero-order valence-electron chi connectivity index (χ0n) is 17.1. The Balaban J connectivity index is 1.40. The lowest BCUT2D eigenvalue weighted by Gasteiger charge is -2.22. The number of rotatable bonds is 7. The van der Waals surface area contributed by atoms with Crippen LogP contribution in [0.15, 0.2) is 54.9 Å². The molecule has 1 atom stereocenters. The van der Waals surface area contributed by atoms with E-state index in [1.807, 2.05) is 48.5 Å². The highest BCUT2D eigenvalue weighted by Gasteiger charge is 2.21. The fourth-order valence-electron chi connectivity index (χ4n) is 4.18. The summed E-state index contributed by atoms with van der Waals surface area (Å²) >= 11 is 0. The van der Waals surface area contributed by atoms with Gasteiger partial charge in [-0.15, -0.1) is 0 Å². The predicted octanol–water partition coefficient (Wildman–Crippen LogP) is 3.86. The van der Waals surface area contributed by atoms with Crippen LogP contribution in [0.1, 0.15) is 55.7 Å². The van der Waals surface area contributed by atoms with Crippen LogP contribution in [0.25, 0.3) is 11.0 Å². The summed E-state index contributed by atoms with van der Waals surface area (Å²) in [6, 6.07) is 15.6. The van der Waals surface area contributed by atoms with Crippen molar-refractivity contribution in [3.63, 3.8) is 0 Å². The van der Waals surface area contributed by atoms with Gasteiger partial charge in [-0.3, -0.25) is 9.59 Å². The molecule has 6 nitrogen and oxygen atoms in total. The molecule has 30 heavy (non-hydrogen) atoms. The first-order valence-corrected chi connectivity index (χ1v) is 10.8. The number of aromatic amines is 1. The molecule has 3 aromatic rings. The predicted molar refractivity (Wildman–Crippen MR) is 117 cm³/mol. The Morgan fingerprint density at radius 3 is 2.63 bits per heavy atom. The number of H-pyrrole nitrogens is 1. The maximum Gasteiger partial charge on any atom is 0.223 e. The minimum Gasteiger partial charge on any atom is -0.355 e. The Hall–Kier alpha value is -3.15. The van der Waals surface area contributed by atoms with E-state index >= 15 is 0 Å². The first-order valence-electron chi connectivity index (χ1n) is 10.8. The maximum atomic E-state index is 12.7. The van der Waals surface area contributed by atoms with E-state index in [0.717, 1.165) is 47.8 Å². The van der Waals surface area contributed by atoms with Gasteiger partial charge in [0.05, 0.1) is 23.4 Å². The average Bonchev–Trinajstić information content (AvgIpc) is 3.26. The van der Waals surface area contributed by atoms with Crippen LogP contribution < -0.4 is 10.6 Å². The summed E-state index contributed by atoms with van der Waals surface area (Å²) in [5.41, 5.74) is 3.82. The Labute approximate surface area is 176 Å². The second kappa shape index (κ2) is 9.57. The van der Waals surface area contributed by atoms with Gasteiger partial charge in [-0.05, 0) is 36.1 Å². The highest BCUT2D eigenvalue weighted by Crippen LogP contribution is 2.25. The number of aromatic nitrogens is 2. The van der Waals surface area contributed by atoms with Gasteiger partial charge in [-0.25, -0.2) is 4.98 Å². The lowest BCUT2D eigenvalue weighted by Crippen LogP contribution is -2.36. The molecule has 0 radical (unpaired) electrons. The molecule has 3 N–H and O–H groups in total. The zero-order chi connectivity index (χ0) is 20.8. The monoisotopic (exact) mass is 404 g/mol. The molecule has 1 saturated carbocycles. The molecule has 1 aromatic heterocycles. The molecule has 6 heteroatoms. The summed E-state index contributed by atoms with van der Waals surface area (Å²) in [4.78, 5) is 32.4. The lowest BCUT2D eigenvalue weighted by atomic mass is 9.89. The number of carbonyl (C=O) groups excluding carboxylic acids is 2. The number of nitrogens with one attached hydrogen (secondary N) is 3. The van der Waals surface area contributed by atoms with Crippen LogP contribution in [0, 0.1) is 5.92 Å². The van der Waals surface area contributed by atoms with Crippen LogP contribution in [0.4, 0.5) is 0 Å². The van der Waals surface area contributed by atoms with E-state index in [1.165, 1.54) is 6.42 Å². The normalized spacial score (nSPS) is 15.6. The van der Waals surface area contributed by atoms with Crippen LogP contribution in [0.5, 0.6) is 0 Å². The Morgan fingerprint density at radius 2 is 1.83 bits per heavy atom. The lowest BCUT2D eigenvalue weighted by molar-refractivity contribution is -0.126. The molecule has 0 spiro atoms. The van der Waals surface area contributed by atoms with Gasteiger partial charge in [0.2, 0.25) is 11.8 Å². The highest BCUT2D eigenvalue weighted by atomic mass is 16.2. The van der Waals surface area contributed by atoms with Crippen LogP contribution in [0.2, 0.25) is 0 Å². The minimum absolute atomic E-state index is 0.0856. The number of benzene rings is 2. The smallest absolute Gasteiger partial charge is 0.223 e. The zero-order valence-corrected chi connectivity index (χ0v) is 17.1. The van der Waals surface area contributed by atoms with Gasteiger partial charge in [0, 0.05) is 18.9 Å². The largest absolute Gasteiger partial charge is 0.355 e. The quantitative estimate of drug-likeness (QED) is 0.559. The minimum atomic E-state index is -0.263. The molecule has 156 valence electrons. The fraction of sp³-hybridized carbons (Fsp3) is 0.375. The molecule has 4 rings (SSSR count). The molecule has 2 amide bonds. The van der Waals surface area contributed by atoms with Crippen molar-refractivity contribution in [1.29, 1.82) is 0 Å². The molecule has 1 unspecified atom stereocenters. The topological polar surface area (TPSA) is 86.9 Å². The molecular formula is C24H28N4O2. The molecule has 0 aliphatic heterocycles. The molecule has 0 bridgehead atoms. The van der Waals surface area contributed by atoms with Gasteiger partial charge in [0.25, 0.3) is 0 Å². The first-order chi connectivity index (χ1) is 14.7. The van der Waals surface area contributed by atoms with E-state index in [0.29, 0.717) is 6.54 Å². The van der Waals surface area contributed by atoms with Gasteiger partial charge in [0.1, 0.15) is 0 Å². The third kappa shape index (κ3) is 4.87. The fourth-order valence-corrected chi connectivity index (χ4v) is 4.18. The molecule has 2 aromatic carbocycles. The van der Waals surface area contributed by atoms with Crippen molar-refractivity contribution in [2.75, 3.05) is 6.54 Å². The summed E-state index contributed by atoms with van der Waals surface area (Å²) < 4.78 is 0. The van der Waals surface area contributed by atoms with Crippen molar-refractivity contribution in [3.05, 3.63) is 66.0 Å². The van der Waals surface area contributed by atoms with Gasteiger partial charge in [0.15, 0.2) is 0 Å². The van der Waals surface area contributed by atoms with Gasteiger partial charge < -0.3 is 15.6 Å². The number of fused-ring (bicyclic) bond motifs is 1. The number of nitrogens with zero attached hydrogens (tertiary/aromatic N) is 1. The van der Waals surface area contributed by atoms with Crippen LogP contribution in [-0.4, -0.2) is 28.3 Å². The highest BCUT2D eigenvalue weighted by molar-refractivity contribution is 5.81. The van der Waals surface area contributed by atoms with E-state index in [4.69, 9.17) is 0 Å². The van der Waals surface area contributed by atoms with Crippen molar-refractivity contribution in [2.24, 2.45) is 5.92 Å². The van der Waals surface area contributed by atoms with E-state index in [9.17, 15) is 9.59 Å². The second-order valence-corrected chi connectivity index (χ2v) is 7.97.